The van der Waals surface area contributed by atoms with Crippen LogP contribution < -0.4 is 5.32 Å². The summed E-state index contributed by atoms with van der Waals surface area (Å²) in [5, 5.41) is 2.57. The van der Waals surface area contributed by atoms with E-state index in [1.165, 1.54) is 5.56 Å². The van der Waals surface area contributed by atoms with Gasteiger partial charge in [0.05, 0.1) is 0 Å². The number of rotatable bonds is 3. The van der Waals surface area contributed by atoms with Gasteiger partial charge >= 0.3 is 6.09 Å². The molecule has 3 nitrogen and oxygen atoms in total. The number of benzene rings is 1. The molecule has 1 amide bonds. The van der Waals surface area contributed by atoms with Crippen molar-refractivity contribution in [2.24, 2.45) is 0 Å². The third-order valence-corrected chi connectivity index (χ3v) is 1.89. The molecule has 0 aliphatic heterocycles. The zero-order valence-electron chi connectivity index (χ0n) is 7.00. The van der Waals surface area contributed by atoms with Crippen LogP contribution in [-0.4, -0.2) is 12.6 Å². The molecule has 0 atom stereocenters. The molecule has 13 heavy (non-hydrogen) atoms. The van der Waals surface area contributed by atoms with E-state index in [2.05, 4.69) is 25.4 Å². The molecule has 70 valence electrons. The lowest BCUT2D eigenvalue weighted by atomic mass is 10.1. The Morgan fingerprint density at radius 2 is 2.08 bits per heavy atom. The molecule has 1 rings (SSSR count). The largest absolute Gasteiger partial charge is 0.418 e. The predicted molar refractivity (Wildman–Crippen MR) is 53.6 cm³/mol. The molecule has 4 heteroatoms. The Hall–Kier alpha value is -1.03. The summed E-state index contributed by atoms with van der Waals surface area (Å²) in [6.07, 6.45) is 0.346. The maximum atomic E-state index is 10.6. The van der Waals surface area contributed by atoms with Crippen molar-refractivity contribution in [1.29, 1.82) is 0 Å². The zero-order valence-corrected chi connectivity index (χ0v) is 8.58. The van der Waals surface area contributed by atoms with Crippen LogP contribution in [0.2, 0.25) is 0 Å². The Kier molecular flexibility index (Phi) is 4.32. The number of carbonyl (C=O) groups is 1. The summed E-state index contributed by atoms with van der Waals surface area (Å²) in [7, 11) is 0. The topological polar surface area (TPSA) is 38.3 Å². The highest BCUT2D eigenvalue weighted by atomic mass is 79.9. The van der Waals surface area contributed by atoms with Gasteiger partial charge in [-0.2, -0.15) is 0 Å². The van der Waals surface area contributed by atoms with E-state index in [0.29, 0.717) is 6.54 Å². The Morgan fingerprint density at radius 1 is 1.38 bits per heavy atom. The fraction of sp³-hybridized carbons (Fsp3) is 0.222. The number of amides is 1. The van der Waals surface area contributed by atoms with Crippen molar-refractivity contribution in [1.82, 2.24) is 5.32 Å². The van der Waals surface area contributed by atoms with Crippen LogP contribution in [0.5, 0.6) is 0 Å². The van der Waals surface area contributed by atoms with E-state index in [-0.39, 0.29) is 0 Å². The van der Waals surface area contributed by atoms with E-state index >= 15 is 0 Å². The van der Waals surface area contributed by atoms with E-state index in [1.807, 2.05) is 30.3 Å². The van der Waals surface area contributed by atoms with Gasteiger partial charge in [0, 0.05) is 6.54 Å². The Labute approximate surface area is 85.5 Å². The zero-order chi connectivity index (χ0) is 9.52. The van der Waals surface area contributed by atoms with Gasteiger partial charge in [-0.05, 0) is 12.0 Å². The van der Waals surface area contributed by atoms with E-state index in [9.17, 15) is 4.79 Å². The lowest BCUT2D eigenvalue weighted by Gasteiger charge is -2.01. The van der Waals surface area contributed by atoms with Gasteiger partial charge in [-0.3, -0.25) is 0 Å². The third kappa shape index (κ3) is 3.94. The van der Waals surface area contributed by atoms with Crippen molar-refractivity contribution in [3.63, 3.8) is 0 Å². The second-order valence-corrected chi connectivity index (χ2v) is 2.85. The molecule has 1 aromatic rings. The van der Waals surface area contributed by atoms with Crippen molar-refractivity contribution in [2.75, 3.05) is 6.54 Å². The number of nitrogens with one attached hydrogen (secondary N) is 1. The van der Waals surface area contributed by atoms with Gasteiger partial charge in [-0.15, -0.1) is 0 Å². The molecule has 1 aromatic carbocycles. The summed E-state index contributed by atoms with van der Waals surface area (Å²) in [4.78, 5) is 10.6. The first-order chi connectivity index (χ1) is 6.33. The van der Waals surface area contributed by atoms with Crippen molar-refractivity contribution in [3.05, 3.63) is 35.9 Å². The van der Waals surface area contributed by atoms with Crippen LogP contribution in [0.1, 0.15) is 5.56 Å². The fourth-order valence-electron chi connectivity index (χ4n) is 0.981. The minimum Gasteiger partial charge on any atom is -0.367 e. The minimum absolute atomic E-state index is 0.462. The van der Waals surface area contributed by atoms with Gasteiger partial charge in [0.1, 0.15) is 0 Å². The normalized spacial score (nSPS) is 9.31. The number of halogens is 1. The van der Waals surface area contributed by atoms with Gasteiger partial charge in [0.2, 0.25) is 0 Å². The summed E-state index contributed by atoms with van der Waals surface area (Å²) in [5.74, 6) is 0. The van der Waals surface area contributed by atoms with Crippen molar-refractivity contribution in [3.8, 4) is 0 Å². The van der Waals surface area contributed by atoms with Gasteiger partial charge in [-0.25, -0.2) is 4.79 Å². The van der Waals surface area contributed by atoms with Crippen LogP contribution in [0.3, 0.4) is 0 Å². The highest BCUT2D eigenvalue weighted by Crippen LogP contribution is 1.98. The number of carbonyl (C=O) groups excluding carboxylic acids is 1. The molecule has 0 aliphatic carbocycles. The third-order valence-electron chi connectivity index (χ3n) is 1.60. The number of hydrogen-bond acceptors (Lipinski definition) is 2. The Balaban J connectivity index is 2.24. The predicted octanol–water partition coefficient (Wildman–Crippen LogP) is 2.27. The standard InChI is InChI=1S/C9H10BrNO2/c10-13-9(12)11-7-6-8-4-2-1-3-5-8/h1-5H,6-7H2,(H,11,12). The lowest BCUT2D eigenvalue weighted by Crippen LogP contribution is -2.23. The van der Waals surface area contributed by atoms with Crippen molar-refractivity contribution >= 4 is 22.4 Å². The highest BCUT2D eigenvalue weighted by Gasteiger charge is 1.97. The first kappa shape index (κ1) is 10.1. The van der Waals surface area contributed by atoms with Crippen molar-refractivity contribution < 1.29 is 8.62 Å². The number of hydrogen-bond donors (Lipinski definition) is 1. The molecule has 0 saturated carbocycles. The maximum absolute atomic E-state index is 10.6. The van der Waals surface area contributed by atoms with E-state index in [1.54, 1.807) is 0 Å². The van der Waals surface area contributed by atoms with E-state index in [0.717, 1.165) is 6.42 Å². The summed E-state index contributed by atoms with van der Waals surface area (Å²) < 4.78 is 4.25. The van der Waals surface area contributed by atoms with Crippen LogP contribution in [0.15, 0.2) is 30.3 Å². The average molecular weight is 244 g/mol. The van der Waals surface area contributed by atoms with Crippen molar-refractivity contribution in [2.45, 2.75) is 6.42 Å². The van der Waals surface area contributed by atoms with Crippen LogP contribution in [0.25, 0.3) is 0 Å². The fourth-order valence-corrected chi connectivity index (χ4v) is 1.10. The van der Waals surface area contributed by atoms with Crippen LogP contribution in [-0.2, 0) is 10.2 Å². The molecule has 0 saturated heterocycles. The van der Waals surface area contributed by atoms with Crippen LogP contribution >= 0.6 is 16.3 Å². The average Bonchev–Trinajstić information content (AvgIpc) is 2.19. The molecule has 0 bridgehead atoms. The summed E-state index contributed by atoms with van der Waals surface area (Å²) in [5.41, 5.74) is 1.19. The van der Waals surface area contributed by atoms with E-state index in [4.69, 9.17) is 0 Å². The van der Waals surface area contributed by atoms with Crippen LogP contribution in [0.4, 0.5) is 4.79 Å². The second kappa shape index (κ2) is 5.59. The molecule has 0 unspecified atom stereocenters. The summed E-state index contributed by atoms with van der Waals surface area (Å²) in [6, 6.07) is 9.93. The monoisotopic (exact) mass is 243 g/mol. The summed E-state index contributed by atoms with van der Waals surface area (Å²) >= 11 is 2.59. The molecular formula is C9H10BrNO2. The van der Waals surface area contributed by atoms with Crippen LogP contribution in [0, 0.1) is 0 Å². The second-order valence-electron chi connectivity index (χ2n) is 2.53. The Bertz CT molecular complexity index is 264. The van der Waals surface area contributed by atoms with Gasteiger partial charge < -0.3 is 9.15 Å². The van der Waals surface area contributed by atoms with Gasteiger partial charge in [-0.1, -0.05) is 30.3 Å². The lowest BCUT2D eigenvalue weighted by molar-refractivity contribution is 0.211. The molecule has 0 aromatic heterocycles. The molecule has 1 N–H and O–H groups in total. The summed E-state index contributed by atoms with van der Waals surface area (Å²) in [6.45, 7) is 0.578. The SMILES string of the molecule is O=C(NCCc1ccccc1)OBr. The quantitative estimate of drug-likeness (QED) is 0.885. The maximum Gasteiger partial charge on any atom is 0.418 e. The molecule has 0 heterocycles. The molecule has 0 spiro atoms. The molecular weight excluding hydrogens is 234 g/mol. The first-order valence-electron chi connectivity index (χ1n) is 3.93. The molecule has 0 fully saturated rings. The minimum atomic E-state index is -0.462. The van der Waals surface area contributed by atoms with Gasteiger partial charge in [0.25, 0.3) is 0 Å². The first-order valence-corrected chi connectivity index (χ1v) is 4.58. The van der Waals surface area contributed by atoms with Gasteiger partial charge in [0.15, 0.2) is 16.3 Å². The molecule has 0 aliphatic rings. The smallest absolute Gasteiger partial charge is 0.367 e. The molecule has 0 radical (unpaired) electrons. The van der Waals surface area contributed by atoms with E-state index < -0.39 is 6.09 Å². The Morgan fingerprint density at radius 3 is 2.69 bits per heavy atom. The highest BCUT2D eigenvalue weighted by molar-refractivity contribution is 9.06.